The van der Waals surface area contributed by atoms with E-state index in [1.807, 2.05) is 0 Å². The summed E-state index contributed by atoms with van der Waals surface area (Å²) < 4.78 is 16.8. The summed E-state index contributed by atoms with van der Waals surface area (Å²) in [6.45, 7) is 13.7. The second kappa shape index (κ2) is 41.6. The molecular weight excluding hydrogens is 697 g/mol. The predicted molar refractivity (Wildman–Crippen MR) is 238 cm³/mol. The Kier molecular flexibility index (Phi) is 40.4. The van der Waals surface area contributed by atoms with E-state index in [-0.39, 0.29) is 31.1 Å². The molecule has 0 fully saturated rings. The van der Waals surface area contributed by atoms with Crippen molar-refractivity contribution in [1.82, 2.24) is 0 Å². The SMILES string of the molecule is CC(C)CCCCCCCCCCCCCC(=O)OC[C@H](COC(=O)CCCCCCCCCCCC(C)C)OC(=O)CCCCCCCCCCCC(C)C. The molecule has 6 heteroatoms. The van der Waals surface area contributed by atoms with Crippen LogP contribution in [0.25, 0.3) is 0 Å². The number of ether oxygens (including phenoxy) is 3. The lowest BCUT2D eigenvalue weighted by molar-refractivity contribution is -0.167. The Labute approximate surface area is 348 Å². The molecule has 0 aliphatic heterocycles. The largest absolute Gasteiger partial charge is 0.462 e. The van der Waals surface area contributed by atoms with Crippen LogP contribution >= 0.6 is 0 Å². The average molecular weight is 793 g/mol. The average Bonchev–Trinajstić information content (AvgIpc) is 3.15. The maximum atomic E-state index is 12.7. The van der Waals surface area contributed by atoms with Crippen LogP contribution in [0, 0.1) is 17.8 Å². The Bertz CT molecular complexity index is 868. The van der Waals surface area contributed by atoms with Gasteiger partial charge in [-0.1, -0.05) is 228 Å². The van der Waals surface area contributed by atoms with Gasteiger partial charge in [-0.25, -0.2) is 0 Å². The number of hydrogen-bond acceptors (Lipinski definition) is 6. The first kappa shape index (κ1) is 54.4. The Morgan fingerprint density at radius 2 is 0.518 bits per heavy atom. The zero-order chi connectivity index (χ0) is 41.3. The van der Waals surface area contributed by atoms with Gasteiger partial charge in [0.05, 0.1) is 0 Å². The van der Waals surface area contributed by atoms with Crippen molar-refractivity contribution in [3.63, 3.8) is 0 Å². The highest BCUT2D eigenvalue weighted by Gasteiger charge is 2.19. The van der Waals surface area contributed by atoms with E-state index in [2.05, 4.69) is 41.5 Å². The van der Waals surface area contributed by atoms with Crippen LogP contribution in [-0.4, -0.2) is 37.2 Å². The van der Waals surface area contributed by atoms with E-state index in [4.69, 9.17) is 14.2 Å². The highest BCUT2D eigenvalue weighted by molar-refractivity contribution is 5.71. The fourth-order valence-corrected chi connectivity index (χ4v) is 7.41. The first-order chi connectivity index (χ1) is 27.1. The molecule has 0 aliphatic rings. The summed E-state index contributed by atoms with van der Waals surface area (Å²) in [5, 5.41) is 0. The van der Waals surface area contributed by atoms with Crippen molar-refractivity contribution >= 4 is 17.9 Å². The van der Waals surface area contributed by atoms with Gasteiger partial charge >= 0.3 is 17.9 Å². The maximum absolute atomic E-state index is 12.7. The third-order valence-corrected chi connectivity index (χ3v) is 11.1. The van der Waals surface area contributed by atoms with E-state index in [9.17, 15) is 14.4 Å². The molecule has 0 amide bonds. The Morgan fingerprint density at radius 1 is 0.304 bits per heavy atom. The molecule has 0 saturated carbocycles. The number of rotatable bonds is 43. The van der Waals surface area contributed by atoms with Crippen LogP contribution in [0.4, 0.5) is 0 Å². The predicted octanol–water partition coefficient (Wildman–Crippen LogP) is 15.6. The van der Waals surface area contributed by atoms with Crippen molar-refractivity contribution in [3.8, 4) is 0 Å². The van der Waals surface area contributed by atoms with Crippen molar-refractivity contribution in [2.24, 2.45) is 17.8 Å². The minimum Gasteiger partial charge on any atom is -0.462 e. The number of carbonyl (C=O) groups excluding carboxylic acids is 3. The quantitative estimate of drug-likeness (QED) is 0.0348. The van der Waals surface area contributed by atoms with E-state index >= 15 is 0 Å². The monoisotopic (exact) mass is 793 g/mol. The summed E-state index contributed by atoms with van der Waals surface area (Å²) in [5.41, 5.74) is 0. The molecule has 1 atom stereocenters. The molecule has 0 N–H and O–H groups in total. The Morgan fingerprint density at radius 3 is 0.768 bits per heavy atom. The van der Waals surface area contributed by atoms with Gasteiger partial charge in [-0.05, 0) is 37.0 Å². The van der Waals surface area contributed by atoms with Gasteiger partial charge < -0.3 is 14.2 Å². The van der Waals surface area contributed by atoms with Crippen LogP contribution < -0.4 is 0 Å². The molecule has 0 aromatic rings. The van der Waals surface area contributed by atoms with Crippen LogP contribution in [0.15, 0.2) is 0 Å². The van der Waals surface area contributed by atoms with E-state index in [1.54, 1.807) is 0 Å². The molecule has 0 aliphatic carbocycles. The summed E-state index contributed by atoms with van der Waals surface area (Å²) in [7, 11) is 0. The molecule has 6 nitrogen and oxygen atoms in total. The lowest BCUT2D eigenvalue weighted by atomic mass is 10.0. The second-order valence-corrected chi connectivity index (χ2v) is 18.5. The molecule has 0 heterocycles. The molecule has 56 heavy (non-hydrogen) atoms. The van der Waals surface area contributed by atoms with Gasteiger partial charge in [0, 0.05) is 19.3 Å². The minimum absolute atomic E-state index is 0.0655. The highest BCUT2D eigenvalue weighted by atomic mass is 16.6. The van der Waals surface area contributed by atoms with E-state index < -0.39 is 6.10 Å². The number of unbranched alkanes of at least 4 members (excludes halogenated alkanes) is 26. The van der Waals surface area contributed by atoms with Crippen LogP contribution in [0.2, 0.25) is 0 Å². The molecule has 0 radical (unpaired) electrons. The first-order valence-corrected chi connectivity index (χ1v) is 24.6. The number of carbonyl (C=O) groups is 3. The molecule has 0 aromatic carbocycles. The third-order valence-electron chi connectivity index (χ3n) is 11.1. The topological polar surface area (TPSA) is 78.9 Å². The smallest absolute Gasteiger partial charge is 0.306 e. The number of hydrogen-bond donors (Lipinski definition) is 0. The van der Waals surface area contributed by atoms with Crippen LogP contribution in [-0.2, 0) is 28.6 Å². The lowest BCUT2D eigenvalue weighted by Crippen LogP contribution is -2.30. The van der Waals surface area contributed by atoms with Gasteiger partial charge in [0.25, 0.3) is 0 Å². The Balaban J connectivity index is 4.33. The molecule has 0 bridgehead atoms. The molecule has 332 valence electrons. The molecule has 0 rings (SSSR count). The summed E-state index contributed by atoms with van der Waals surface area (Å²) >= 11 is 0. The molecule has 0 unspecified atom stereocenters. The van der Waals surface area contributed by atoms with Gasteiger partial charge in [-0.3, -0.25) is 14.4 Å². The summed E-state index contributed by atoms with van der Waals surface area (Å²) in [5.74, 6) is 1.58. The van der Waals surface area contributed by atoms with Crippen molar-refractivity contribution < 1.29 is 28.6 Å². The molecule has 0 saturated heterocycles. The van der Waals surface area contributed by atoms with Gasteiger partial charge in [0.2, 0.25) is 0 Å². The normalized spacial score (nSPS) is 12.2. The van der Waals surface area contributed by atoms with Crippen molar-refractivity contribution in [3.05, 3.63) is 0 Å². The van der Waals surface area contributed by atoms with E-state index in [0.29, 0.717) is 19.3 Å². The molecule has 0 spiro atoms. The lowest BCUT2D eigenvalue weighted by Gasteiger charge is -2.18. The fraction of sp³-hybridized carbons (Fsp3) is 0.940. The fourth-order valence-electron chi connectivity index (χ4n) is 7.41. The molecule has 0 aromatic heterocycles. The van der Waals surface area contributed by atoms with Gasteiger partial charge in [0.1, 0.15) is 13.2 Å². The summed E-state index contributed by atoms with van der Waals surface area (Å²) in [6.07, 6.45) is 39.5. The van der Waals surface area contributed by atoms with Crippen molar-refractivity contribution in [1.29, 1.82) is 0 Å². The van der Waals surface area contributed by atoms with E-state index in [0.717, 1.165) is 75.5 Å². The minimum atomic E-state index is -0.762. The van der Waals surface area contributed by atoms with Crippen LogP contribution in [0.1, 0.15) is 266 Å². The van der Waals surface area contributed by atoms with Crippen molar-refractivity contribution in [2.45, 2.75) is 272 Å². The first-order valence-electron chi connectivity index (χ1n) is 24.6. The van der Waals surface area contributed by atoms with Crippen molar-refractivity contribution in [2.75, 3.05) is 13.2 Å². The zero-order valence-electron chi connectivity index (χ0n) is 38.4. The zero-order valence-corrected chi connectivity index (χ0v) is 38.4. The number of esters is 3. The second-order valence-electron chi connectivity index (χ2n) is 18.5. The molecular formula is C50H96O6. The third kappa shape index (κ3) is 43.5. The van der Waals surface area contributed by atoms with Crippen LogP contribution in [0.5, 0.6) is 0 Å². The summed E-state index contributed by atoms with van der Waals surface area (Å²) in [4.78, 5) is 37.8. The van der Waals surface area contributed by atoms with Gasteiger partial charge in [0.15, 0.2) is 6.10 Å². The Hall–Kier alpha value is -1.59. The standard InChI is InChI=1S/C50H96O6/c1-44(2)36-30-24-18-12-8-7-9-15-21-27-33-39-48(51)54-42-47(56-50(53)41-35-29-23-17-11-14-20-26-32-38-46(5)6)43-55-49(52)40-34-28-22-16-10-13-19-25-31-37-45(3)4/h44-47H,7-43H2,1-6H3/t47-/m1/s1. The van der Waals surface area contributed by atoms with E-state index in [1.165, 1.54) is 148 Å². The summed E-state index contributed by atoms with van der Waals surface area (Å²) in [6, 6.07) is 0. The van der Waals surface area contributed by atoms with Gasteiger partial charge in [-0.15, -0.1) is 0 Å². The highest BCUT2D eigenvalue weighted by Crippen LogP contribution is 2.17. The van der Waals surface area contributed by atoms with Gasteiger partial charge in [-0.2, -0.15) is 0 Å². The maximum Gasteiger partial charge on any atom is 0.306 e. The van der Waals surface area contributed by atoms with Crippen LogP contribution in [0.3, 0.4) is 0 Å².